The van der Waals surface area contributed by atoms with Crippen LogP contribution in [0, 0.1) is 0 Å². The van der Waals surface area contributed by atoms with Gasteiger partial charge < -0.3 is 15.0 Å². The molecule has 2 amide bonds. The van der Waals surface area contributed by atoms with Crippen molar-refractivity contribution in [2.75, 3.05) is 0 Å². The van der Waals surface area contributed by atoms with Crippen LogP contribution in [0.4, 0.5) is 4.79 Å². The van der Waals surface area contributed by atoms with E-state index < -0.39 is 11.7 Å². The third kappa shape index (κ3) is 3.14. The molecule has 112 valence electrons. The van der Waals surface area contributed by atoms with Gasteiger partial charge in [-0.3, -0.25) is 4.79 Å². The Labute approximate surface area is 120 Å². The van der Waals surface area contributed by atoms with E-state index in [4.69, 9.17) is 4.74 Å². The third-order valence-electron chi connectivity index (χ3n) is 3.72. The van der Waals surface area contributed by atoms with Crippen LogP contribution in [0.15, 0.2) is 11.6 Å². The third-order valence-corrected chi connectivity index (χ3v) is 3.72. The van der Waals surface area contributed by atoms with E-state index in [-0.39, 0.29) is 24.0 Å². The van der Waals surface area contributed by atoms with Crippen LogP contribution < -0.4 is 5.32 Å². The molecule has 0 aromatic heterocycles. The van der Waals surface area contributed by atoms with Crippen LogP contribution in [0.5, 0.6) is 0 Å². The summed E-state index contributed by atoms with van der Waals surface area (Å²) < 4.78 is 5.30. The van der Waals surface area contributed by atoms with Crippen LogP contribution >= 0.6 is 0 Å². The molecule has 1 heterocycles. The van der Waals surface area contributed by atoms with Crippen molar-refractivity contribution in [1.29, 1.82) is 0 Å². The Morgan fingerprint density at radius 3 is 2.60 bits per heavy atom. The molecule has 0 radical (unpaired) electrons. The summed E-state index contributed by atoms with van der Waals surface area (Å²) in [6.45, 7) is 9.19. The lowest BCUT2D eigenvalue weighted by Crippen LogP contribution is -2.44. The Morgan fingerprint density at radius 1 is 1.45 bits per heavy atom. The summed E-state index contributed by atoms with van der Waals surface area (Å²) in [5.74, 6) is 0.0598. The molecule has 1 fully saturated rings. The lowest BCUT2D eigenvalue weighted by Gasteiger charge is -2.25. The molecule has 2 rings (SSSR count). The Balaban J connectivity index is 2.03. The molecule has 3 atom stereocenters. The van der Waals surface area contributed by atoms with E-state index in [9.17, 15) is 9.59 Å². The van der Waals surface area contributed by atoms with E-state index in [1.165, 1.54) is 5.57 Å². The Bertz CT molecular complexity index is 451. The zero-order chi connectivity index (χ0) is 15.1. The van der Waals surface area contributed by atoms with Crippen LogP contribution in [0.1, 0.15) is 47.5 Å². The van der Waals surface area contributed by atoms with Crippen LogP contribution in [-0.4, -0.2) is 40.6 Å². The van der Waals surface area contributed by atoms with Gasteiger partial charge in [-0.15, -0.1) is 0 Å². The number of carbonyl (C=O) groups excluding carboxylic acids is 2. The summed E-state index contributed by atoms with van der Waals surface area (Å²) in [5.41, 5.74) is 0.779. The standard InChI is InChI=1S/C15H24N2O3/c1-6-10-7-11(16-14(19)20-15(3,4)5)13-12(8-10)17(13)9(2)18/h8,11-13H,6-7H2,1-5H3,(H,16,19)/t11-,12?,13+,17?/m0/s1. The van der Waals surface area contributed by atoms with Crippen molar-refractivity contribution in [3.05, 3.63) is 11.6 Å². The first-order valence-electron chi connectivity index (χ1n) is 7.21. The minimum absolute atomic E-state index is 0.0429. The number of nitrogens with zero attached hydrogens (tertiary/aromatic N) is 1. The maximum Gasteiger partial charge on any atom is 0.407 e. The normalized spacial score (nSPS) is 28.4. The predicted octanol–water partition coefficient (Wildman–Crippen LogP) is 2.22. The van der Waals surface area contributed by atoms with Crippen molar-refractivity contribution >= 4 is 12.0 Å². The molecule has 20 heavy (non-hydrogen) atoms. The van der Waals surface area contributed by atoms with Crippen molar-refractivity contribution in [2.24, 2.45) is 0 Å². The molecule has 2 aliphatic rings. The van der Waals surface area contributed by atoms with Gasteiger partial charge in [0, 0.05) is 6.92 Å². The smallest absolute Gasteiger partial charge is 0.407 e. The molecule has 0 aromatic rings. The highest BCUT2D eigenvalue weighted by molar-refractivity contribution is 5.79. The predicted molar refractivity (Wildman–Crippen MR) is 76.2 cm³/mol. The Hall–Kier alpha value is -1.52. The fourth-order valence-corrected chi connectivity index (χ4v) is 2.87. The summed E-state index contributed by atoms with van der Waals surface area (Å²) >= 11 is 0. The molecular formula is C15H24N2O3. The van der Waals surface area contributed by atoms with Gasteiger partial charge in [0.2, 0.25) is 5.91 Å². The van der Waals surface area contributed by atoms with E-state index in [0.29, 0.717) is 0 Å². The zero-order valence-electron chi connectivity index (χ0n) is 12.9. The minimum Gasteiger partial charge on any atom is -0.444 e. The Morgan fingerprint density at radius 2 is 2.10 bits per heavy atom. The van der Waals surface area contributed by atoms with Crippen molar-refractivity contribution in [2.45, 2.75) is 71.2 Å². The van der Waals surface area contributed by atoms with Gasteiger partial charge >= 0.3 is 6.09 Å². The number of fused-ring (bicyclic) bond motifs is 1. The van der Waals surface area contributed by atoms with Crippen molar-refractivity contribution in [3.63, 3.8) is 0 Å². The number of hydrogen-bond donors (Lipinski definition) is 1. The molecule has 0 spiro atoms. The van der Waals surface area contributed by atoms with Crippen LogP contribution in [0.25, 0.3) is 0 Å². The second-order valence-electron chi connectivity index (χ2n) is 6.54. The summed E-state index contributed by atoms with van der Waals surface area (Å²) in [4.78, 5) is 25.3. The van der Waals surface area contributed by atoms with E-state index in [0.717, 1.165) is 12.8 Å². The molecule has 5 nitrogen and oxygen atoms in total. The first-order chi connectivity index (χ1) is 9.23. The van der Waals surface area contributed by atoms with Gasteiger partial charge in [0.1, 0.15) is 5.60 Å². The lowest BCUT2D eigenvalue weighted by molar-refractivity contribution is -0.124. The fraction of sp³-hybridized carbons (Fsp3) is 0.733. The molecule has 1 unspecified atom stereocenters. The largest absolute Gasteiger partial charge is 0.444 e. The topological polar surface area (TPSA) is 58.4 Å². The van der Waals surface area contributed by atoms with Gasteiger partial charge in [-0.25, -0.2) is 4.79 Å². The van der Waals surface area contributed by atoms with E-state index in [1.807, 2.05) is 25.7 Å². The average molecular weight is 280 g/mol. The number of rotatable bonds is 2. The summed E-state index contributed by atoms with van der Waals surface area (Å²) in [6.07, 6.45) is 3.50. The van der Waals surface area contributed by atoms with E-state index in [2.05, 4.69) is 18.3 Å². The minimum atomic E-state index is -0.509. The maximum atomic E-state index is 11.9. The lowest BCUT2D eigenvalue weighted by atomic mass is 9.93. The highest BCUT2D eigenvalue weighted by atomic mass is 16.6. The fourth-order valence-electron chi connectivity index (χ4n) is 2.87. The number of carbonyl (C=O) groups is 2. The van der Waals surface area contributed by atoms with Crippen LogP contribution in [0.2, 0.25) is 0 Å². The van der Waals surface area contributed by atoms with Crippen molar-refractivity contribution in [3.8, 4) is 0 Å². The molecule has 1 aliphatic carbocycles. The quantitative estimate of drug-likeness (QED) is 0.623. The van der Waals surface area contributed by atoms with Crippen molar-refractivity contribution < 1.29 is 14.3 Å². The monoisotopic (exact) mass is 280 g/mol. The number of amides is 2. The number of nitrogens with one attached hydrogen (secondary N) is 1. The van der Waals surface area contributed by atoms with E-state index in [1.54, 1.807) is 6.92 Å². The first kappa shape index (κ1) is 14.9. The highest BCUT2D eigenvalue weighted by Gasteiger charge is 2.55. The van der Waals surface area contributed by atoms with Gasteiger partial charge in [-0.2, -0.15) is 0 Å². The number of alkyl carbamates (subject to hydrolysis) is 1. The second-order valence-corrected chi connectivity index (χ2v) is 6.54. The SMILES string of the molecule is CCC1=CC2[C@@H]([C@@H](NC(=O)OC(C)(C)C)C1)N2C(C)=O. The Kier molecular flexibility index (Phi) is 3.80. The second kappa shape index (κ2) is 5.11. The van der Waals surface area contributed by atoms with Gasteiger partial charge in [0.15, 0.2) is 0 Å². The van der Waals surface area contributed by atoms with Gasteiger partial charge in [0.05, 0.1) is 18.1 Å². The molecule has 1 aliphatic heterocycles. The number of ether oxygens (including phenoxy) is 1. The zero-order valence-corrected chi connectivity index (χ0v) is 12.9. The summed E-state index contributed by atoms with van der Waals surface area (Å²) in [7, 11) is 0. The molecule has 1 N–H and O–H groups in total. The molecule has 1 saturated heterocycles. The maximum absolute atomic E-state index is 11.9. The van der Waals surface area contributed by atoms with Crippen LogP contribution in [-0.2, 0) is 9.53 Å². The number of hydrogen-bond acceptors (Lipinski definition) is 3. The summed E-state index contributed by atoms with van der Waals surface area (Å²) in [6, 6.07) is 0.199. The molecule has 0 bridgehead atoms. The van der Waals surface area contributed by atoms with Gasteiger partial charge in [-0.05, 0) is 33.6 Å². The first-order valence-corrected chi connectivity index (χ1v) is 7.21. The molecular weight excluding hydrogens is 256 g/mol. The average Bonchev–Trinajstić information content (AvgIpc) is 3.00. The van der Waals surface area contributed by atoms with Gasteiger partial charge in [0.25, 0.3) is 0 Å². The molecule has 0 aromatic carbocycles. The van der Waals surface area contributed by atoms with Crippen LogP contribution in [0.3, 0.4) is 0 Å². The highest BCUT2D eigenvalue weighted by Crippen LogP contribution is 2.40. The molecule has 0 saturated carbocycles. The van der Waals surface area contributed by atoms with E-state index >= 15 is 0 Å². The van der Waals surface area contributed by atoms with Crippen molar-refractivity contribution in [1.82, 2.24) is 10.2 Å². The summed E-state index contributed by atoms with van der Waals surface area (Å²) in [5, 5.41) is 2.92. The molecule has 5 heteroatoms. The van der Waals surface area contributed by atoms with Gasteiger partial charge in [-0.1, -0.05) is 18.6 Å².